The van der Waals surface area contributed by atoms with Gasteiger partial charge in [0.15, 0.2) is 0 Å². The van der Waals surface area contributed by atoms with Gasteiger partial charge in [0.2, 0.25) is 0 Å². The molecule has 0 aromatic heterocycles. The van der Waals surface area contributed by atoms with Gasteiger partial charge in [0.25, 0.3) is 0 Å². The number of benzene rings is 1. The van der Waals surface area contributed by atoms with Crippen LogP contribution in [0.5, 0.6) is 0 Å². The summed E-state index contributed by atoms with van der Waals surface area (Å²) in [7, 11) is 0. The van der Waals surface area contributed by atoms with Crippen LogP contribution >= 0.6 is 0 Å². The molecule has 0 bridgehead atoms. The summed E-state index contributed by atoms with van der Waals surface area (Å²) in [5.74, 6) is 1.85. The van der Waals surface area contributed by atoms with Crippen molar-refractivity contribution in [2.24, 2.45) is 5.92 Å². The number of hydrogen-bond acceptors (Lipinski definition) is 0. The molecule has 0 atom stereocenters. The first-order chi connectivity index (χ1) is 8.29. The molecule has 17 heavy (non-hydrogen) atoms. The van der Waals surface area contributed by atoms with Gasteiger partial charge in [0, 0.05) is 0 Å². The Hall–Kier alpha value is -0.780. The highest BCUT2D eigenvalue weighted by Crippen LogP contribution is 2.36. The van der Waals surface area contributed by atoms with E-state index in [2.05, 4.69) is 38.1 Å². The van der Waals surface area contributed by atoms with E-state index in [1.807, 2.05) is 13.8 Å². The Kier molecular flexibility index (Phi) is 6.32. The van der Waals surface area contributed by atoms with Gasteiger partial charge in [-0.2, -0.15) is 0 Å². The van der Waals surface area contributed by atoms with Crippen molar-refractivity contribution in [2.45, 2.75) is 65.7 Å². The number of aryl methyl sites for hydroxylation is 1. The van der Waals surface area contributed by atoms with Crippen LogP contribution in [0.4, 0.5) is 0 Å². The summed E-state index contributed by atoms with van der Waals surface area (Å²) in [6.07, 6.45) is 7.06. The first-order valence-corrected chi connectivity index (χ1v) is 7.36. The van der Waals surface area contributed by atoms with Crippen LogP contribution in [-0.2, 0) is 0 Å². The summed E-state index contributed by atoms with van der Waals surface area (Å²) in [6, 6.07) is 9.15. The minimum atomic E-state index is 0.841. The van der Waals surface area contributed by atoms with Gasteiger partial charge in [-0.05, 0) is 50.0 Å². The molecular weight excluding hydrogens is 204 g/mol. The average Bonchev–Trinajstić information content (AvgIpc) is 2.42. The summed E-state index contributed by atoms with van der Waals surface area (Å²) < 4.78 is 0. The zero-order valence-electron chi connectivity index (χ0n) is 12.0. The molecule has 0 unspecified atom stereocenters. The third-order valence-corrected chi connectivity index (χ3v) is 3.97. The molecule has 1 fully saturated rings. The first-order valence-electron chi connectivity index (χ1n) is 7.36. The van der Waals surface area contributed by atoms with Gasteiger partial charge in [-0.3, -0.25) is 0 Å². The first kappa shape index (κ1) is 14.3. The number of rotatable bonds is 2. The van der Waals surface area contributed by atoms with E-state index in [4.69, 9.17) is 0 Å². The minimum Gasteiger partial charge on any atom is -0.0683 e. The highest BCUT2D eigenvalue weighted by atomic mass is 14.3. The van der Waals surface area contributed by atoms with Crippen LogP contribution in [0.25, 0.3) is 0 Å². The smallest absolute Gasteiger partial charge is 0.0162 e. The monoisotopic (exact) mass is 232 g/mol. The molecule has 0 aliphatic heterocycles. The Morgan fingerprint density at radius 2 is 1.47 bits per heavy atom. The van der Waals surface area contributed by atoms with Gasteiger partial charge in [0.05, 0.1) is 0 Å². The van der Waals surface area contributed by atoms with Crippen LogP contribution in [0.15, 0.2) is 24.3 Å². The lowest BCUT2D eigenvalue weighted by Gasteiger charge is -2.28. The zero-order chi connectivity index (χ0) is 12.7. The zero-order valence-corrected chi connectivity index (χ0v) is 12.0. The third-order valence-electron chi connectivity index (χ3n) is 3.97. The fourth-order valence-corrected chi connectivity index (χ4v) is 2.74. The van der Waals surface area contributed by atoms with Gasteiger partial charge in [-0.15, -0.1) is 0 Å². The molecule has 0 heterocycles. The highest BCUT2D eigenvalue weighted by molar-refractivity contribution is 5.24. The number of hydrogen-bond donors (Lipinski definition) is 0. The van der Waals surface area contributed by atoms with E-state index in [1.54, 1.807) is 5.56 Å². The Morgan fingerprint density at radius 3 is 1.94 bits per heavy atom. The van der Waals surface area contributed by atoms with Crippen molar-refractivity contribution >= 4 is 0 Å². The molecule has 1 aromatic rings. The van der Waals surface area contributed by atoms with Crippen LogP contribution < -0.4 is 0 Å². The van der Waals surface area contributed by atoms with E-state index in [1.165, 1.54) is 37.7 Å². The maximum absolute atomic E-state index is 2.33. The van der Waals surface area contributed by atoms with Crippen molar-refractivity contribution in [3.63, 3.8) is 0 Å². The molecule has 0 amide bonds. The quantitative estimate of drug-likeness (QED) is 0.613. The molecule has 1 aliphatic carbocycles. The highest BCUT2D eigenvalue weighted by Gasteiger charge is 2.20. The normalized spacial score (nSPS) is 23.8. The molecule has 0 spiro atoms. The lowest BCUT2D eigenvalue weighted by Crippen LogP contribution is -2.12. The second-order valence-electron chi connectivity index (χ2n) is 5.04. The van der Waals surface area contributed by atoms with E-state index < -0.39 is 0 Å². The predicted molar refractivity (Wildman–Crippen MR) is 77.5 cm³/mol. The maximum atomic E-state index is 2.33. The second-order valence-corrected chi connectivity index (χ2v) is 5.04. The lowest BCUT2D eigenvalue weighted by molar-refractivity contribution is 0.319. The fraction of sp³-hybridized carbons (Fsp3) is 0.647. The van der Waals surface area contributed by atoms with E-state index in [0.29, 0.717) is 0 Å². The van der Waals surface area contributed by atoms with Crippen molar-refractivity contribution < 1.29 is 0 Å². The molecule has 1 saturated carbocycles. The van der Waals surface area contributed by atoms with Gasteiger partial charge in [-0.1, -0.05) is 57.0 Å². The van der Waals surface area contributed by atoms with Crippen LogP contribution in [0.2, 0.25) is 0 Å². The van der Waals surface area contributed by atoms with Gasteiger partial charge >= 0.3 is 0 Å². The third kappa shape index (κ3) is 4.18. The molecular formula is C17H28. The van der Waals surface area contributed by atoms with Gasteiger partial charge in [0.1, 0.15) is 0 Å². The topological polar surface area (TPSA) is 0 Å². The SMILES string of the molecule is CC.CCC1CCC(c2ccc(C)cc2)CC1. The van der Waals surface area contributed by atoms with Crippen LogP contribution in [0.1, 0.15) is 69.9 Å². The minimum absolute atomic E-state index is 0.841. The maximum Gasteiger partial charge on any atom is -0.0162 e. The van der Waals surface area contributed by atoms with Crippen LogP contribution in [-0.4, -0.2) is 0 Å². The molecule has 1 aliphatic rings. The van der Waals surface area contributed by atoms with Crippen molar-refractivity contribution in [2.75, 3.05) is 0 Å². The molecule has 2 rings (SSSR count). The Labute approximate surface area is 107 Å². The summed E-state index contributed by atoms with van der Waals surface area (Å²) in [5.41, 5.74) is 2.94. The van der Waals surface area contributed by atoms with Crippen molar-refractivity contribution in [3.05, 3.63) is 35.4 Å². The summed E-state index contributed by atoms with van der Waals surface area (Å²) in [4.78, 5) is 0. The summed E-state index contributed by atoms with van der Waals surface area (Å²) in [6.45, 7) is 8.49. The predicted octanol–water partition coefficient (Wildman–Crippen LogP) is 5.71. The largest absolute Gasteiger partial charge is 0.0683 e. The Morgan fingerprint density at radius 1 is 0.941 bits per heavy atom. The molecule has 1 aromatic carbocycles. The second kappa shape index (κ2) is 7.53. The van der Waals surface area contributed by atoms with E-state index >= 15 is 0 Å². The van der Waals surface area contributed by atoms with Crippen LogP contribution in [0.3, 0.4) is 0 Å². The van der Waals surface area contributed by atoms with E-state index in [-0.39, 0.29) is 0 Å². The molecule has 0 N–H and O–H groups in total. The molecule has 0 saturated heterocycles. The molecule has 0 heteroatoms. The average molecular weight is 232 g/mol. The molecule has 0 nitrogen and oxygen atoms in total. The van der Waals surface area contributed by atoms with Crippen molar-refractivity contribution in [3.8, 4) is 0 Å². The lowest BCUT2D eigenvalue weighted by atomic mass is 9.78. The molecule has 96 valence electrons. The summed E-state index contributed by atoms with van der Waals surface area (Å²) >= 11 is 0. The van der Waals surface area contributed by atoms with Gasteiger partial charge in [-0.25, -0.2) is 0 Å². The Balaban J connectivity index is 0.000000686. The molecule has 0 radical (unpaired) electrons. The van der Waals surface area contributed by atoms with E-state index in [9.17, 15) is 0 Å². The van der Waals surface area contributed by atoms with Crippen LogP contribution in [0, 0.1) is 12.8 Å². The van der Waals surface area contributed by atoms with E-state index in [0.717, 1.165) is 11.8 Å². The van der Waals surface area contributed by atoms with Crippen molar-refractivity contribution in [1.29, 1.82) is 0 Å². The van der Waals surface area contributed by atoms with Crippen molar-refractivity contribution in [1.82, 2.24) is 0 Å². The van der Waals surface area contributed by atoms with Gasteiger partial charge < -0.3 is 0 Å². The fourth-order valence-electron chi connectivity index (χ4n) is 2.74. The summed E-state index contributed by atoms with van der Waals surface area (Å²) in [5, 5.41) is 0. The standard InChI is InChI=1S/C15H22.C2H6/c1-3-13-6-10-15(11-7-13)14-8-4-12(2)5-9-14;1-2/h4-5,8-9,13,15H,3,6-7,10-11H2,1-2H3;1-2H3. The Bertz CT molecular complexity index is 288.